The van der Waals surface area contributed by atoms with Crippen molar-refractivity contribution in [1.82, 2.24) is 9.88 Å². The summed E-state index contributed by atoms with van der Waals surface area (Å²) in [7, 11) is 1.53. The van der Waals surface area contributed by atoms with Gasteiger partial charge in [-0.05, 0) is 35.0 Å². The topological polar surface area (TPSA) is 79.7 Å². The van der Waals surface area contributed by atoms with E-state index in [2.05, 4.69) is 4.98 Å². The Hall–Kier alpha value is -4.45. The van der Waals surface area contributed by atoms with Crippen molar-refractivity contribution in [1.29, 1.82) is 0 Å². The lowest BCUT2D eigenvalue weighted by atomic mass is 9.94. The van der Waals surface area contributed by atoms with Crippen molar-refractivity contribution in [2.75, 3.05) is 7.11 Å². The average molecular weight is 450 g/mol. The Morgan fingerprint density at radius 2 is 1.68 bits per heavy atom. The molecule has 1 aromatic heterocycles. The fourth-order valence-electron chi connectivity index (χ4n) is 4.42. The molecule has 0 saturated carbocycles. The van der Waals surface area contributed by atoms with Crippen LogP contribution in [0.5, 0.6) is 5.75 Å². The molecule has 0 spiro atoms. The maximum Gasteiger partial charge on any atom is 0.296 e. The number of hydrogen-bond donors (Lipinski definition) is 1. The van der Waals surface area contributed by atoms with Crippen molar-refractivity contribution in [2.45, 2.75) is 12.6 Å². The van der Waals surface area contributed by atoms with Gasteiger partial charge in [-0.25, -0.2) is 0 Å². The quantitative estimate of drug-likeness (QED) is 0.267. The molecule has 3 aromatic carbocycles. The first-order valence-electron chi connectivity index (χ1n) is 10.9. The molecular formula is C28H22N2O4. The van der Waals surface area contributed by atoms with Gasteiger partial charge in [0.05, 0.1) is 31.0 Å². The first-order chi connectivity index (χ1) is 16.6. The predicted octanol–water partition coefficient (Wildman–Crippen LogP) is 4.87. The van der Waals surface area contributed by atoms with Gasteiger partial charge in [0.25, 0.3) is 11.7 Å². The Morgan fingerprint density at radius 3 is 2.44 bits per heavy atom. The molecular weight excluding hydrogens is 428 g/mol. The van der Waals surface area contributed by atoms with E-state index in [0.29, 0.717) is 22.6 Å². The van der Waals surface area contributed by atoms with Gasteiger partial charge in [0.15, 0.2) is 0 Å². The highest BCUT2D eigenvalue weighted by Crippen LogP contribution is 2.43. The van der Waals surface area contributed by atoms with E-state index in [4.69, 9.17) is 4.74 Å². The second-order valence-electron chi connectivity index (χ2n) is 8.05. The number of likely N-dealkylation sites (tertiary alicyclic amines) is 1. The van der Waals surface area contributed by atoms with E-state index in [1.54, 1.807) is 36.5 Å². The molecule has 1 atom stereocenters. The Kier molecular flexibility index (Phi) is 5.55. The van der Waals surface area contributed by atoms with Crippen LogP contribution < -0.4 is 4.74 Å². The van der Waals surface area contributed by atoms with Crippen LogP contribution in [0.3, 0.4) is 0 Å². The highest BCUT2D eigenvalue weighted by atomic mass is 16.5. The summed E-state index contributed by atoms with van der Waals surface area (Å²) >= 11 is 0. The third-order valence-electron chi connectivity index (χ3n) is 6.05. The Morgan fingerprint density at radius 1 is 0.941 bits per heavy atom. The number of pyridine rings is 1. The molecule has 1 saturated heterocycles. The molecule has 1 N–H and O–H groups in total. The number of amides is 1. The van der Waals surface area contributed by atoms with Crippen LogP contribution in [0.1, 0.15) is 22.9 Å². The van der Waals surface area contributed by atoms with Gasteiger partial charge in [-0.3, -0.25) is 14.6 Å². The Labute approximate surface area is 196 Å². The number of carbonyl (C=O) groups is 2. The molecule has 4 aromatic rings. The minimum Gasteiger partial charge on any atom is -0.507 e. The highest BCUT2D eigenvalue weighted by Gasteiger charge is 2.47. The fourth-order valence-corrected chi connectivity index (χ4v) is 4.42. The van der Waals surface area contributed by atoms with Gasteiger partial charge in [-0.1, -0.05) is 60.7 Å². The SMILES string of the molecule is COc1ccccc1C1/C(=C(\O)c2ccc3ccccc3c2)C(=O)C(=O)N1Cc1ccccn1. The number of rotatable bonds is 5. The molecule has 5 rings (SSSR count). The number of methoxy groups -OCH3 is 1. The lowest BCUT2D eigenvalue weighted by Gasteiger charge is -2.26. The predicted molar refractivity (Wildman–Crippen MR) is 129 cm³/mol. The van der Waals surface area contributed by atoms with Gasteiger partial charge in [-0.2, -0.15) is 0 Å². The van der Waals surface area contributed by atoms with Crippen LogP contribution in [0.4, 0.5) is 0 Å². The summed E-state index contributed by atoms with van der Waals surface area (Å²) in [6.45, 7) is 0.114. The van der Waals surface area contributed by atoms with Crippen molar-refractivity contribution >= 4 is 28.2 Å². The number of fused-ring (bicyclic) bond motifs is 1. The van der Waals surface area contributed by atoms with Gasteiger partial charge in [-0.15, -0.1) is 0 Å². The highest BCUT2D eigenvalue weighted by molar-refractivity contribution is 6.46. The van der Waals surface area contributed by atoms with Crippen molar-refractivity contribution in [3.63, 3.8) is 0 Å². The molecule has 168 valence electrons. The van der Waals surface area contributed by atoms with Crippen LogP contribution in [0.25, 0.3) is 16.5 Å². The Bertz CT molecular complexity index is 1430. The molecule has 1 aliphatic heterocycles. The molecule has 0 bridgehead atoms. The number of ketones is 1. The van der Waals surface area contributed by atoms with Crippen molar-refractivity contribution in [3.8, 4) is 5.75 Å². The van der Waals surface area contributed by atoms with E-state index in [-0.39, 0.29) is 17.9 Å². The summed E-state index contributed by atoms with van der Waals surface area (Å²) in [6, 6.07) is 25.0. The molecule has 34 heavy (non-hydrogen) atoms. The van der Waals surface area contributed by atoms with Crippen molar-refractivity contribution in [3.05, 3.63) is 114 Å². The van der Waals surface area contributed by atoms with Crippen LogP contribution >= 0.6 is 0 Å². The third kappa shape index (κ3) is 3.69. The molecule has 1 fully saturated rings. The summed E-state index contributed by atoms with van der Waals surface area (Å²) in [6.07, 6.45) is 1.64. The maximum atomic E-state index is 13.3. The van der Waals surface area contributed by atoms with Crippen LogP contribution in [-0.2, 0) is 16.1 Å². The van der Waals surface area contributed by atoms with Crippen molar-refractivity contribution < 1.29 is 19.4 Å². The lowest BCUT2D eigenvalue weighted by Crippen LogP contribution is -2.29. The summed E-state index contributed by atoms with van der Waals surface area (Å²) in [5.41, 5.74) is 1.74. The van der Waals surface area contributed by atoms with Crippen molar-refractivity contribution in [2.24, 2.45) is 0 Å². The van der Waals surface area contributed by atoms with Crippen LogP contribution in [0.2, 0.25) is 0 Å². The zero-order valence-corrected chi connectivity index (χ0v) is 18.5. The standard InChI is InChI=1S/C28H22N2O4/c1-34-23-12-5-4-11-22(23)25-24(26(31)20-14-13-18-8-2-3-9-19(18)16-20)27(32)28(33)30(25)17-21-10-6-7-15-29-21/h2-16,25,31H,17H2,1H3/b26-24+. The number of hydrogen-bond acceptors (Lipinski definition) is 5. The van der Waals surface area contributed by atoms with Gasteiger partial charge in [0.2, 0.25) is 0 Å². The summed E-state index contributed by atoms with van der Waals surface area (Å²) in [4.78, 5) is 32.3. The number of para-hydroxylation sites is 1. The molecule has 6 nitrogen and oxygen atoms in total. The smallest absolute Gasteiger partial charge is 0.296 e. The van der Waals surface area contributed by atoms with Gasteiger partial charge in [0.1, 0.15) is 11.5 Å². The van der Waals surface area contributed by atoms with Gasteiger partial charge < -0.3 is 14.7 Å². The second-order valence-corrected chi connectivity index (χ2v) is 8.05. The molecule has 1 aliphatic rings. The average Bonchev–Trinajstić information content (AvgIpc) is 3.13. The molecule has 1 amide bonds. The number of aliphatic hydroxyl groups is 1. The Balaban J connectivity index is 1.70. The molecule has 6 heteroatoms. The number of carbonyl (C=O) groups excluding carboxylic acids is 2. The van der Waals surface area contributed by atoms with Crippen LogP contribution in [-0.4, -0.2) is 33.8 Å². The first-order valence-corrected chi connectivity index (χ1v) is 10.9. The second kappa shape index (κ2) is 8.83. The number of aromatic nitrogens is 1. The van der Waals surface area contributed by atoms with E-state index < -0.39 is 17.7 Å². The molecule has 0 radical (unpaired) electrons. The maximum absolute atomic E-state index is 13.3. The molecule has 0 aliphatic carbocycles. The monoisotopic (exact) mass is 450 g/mol. The zero-order valence-electron chi connectivity index (χ0n) is 18.5. The largest absolute Gasteiger partial charge is 0.507 e. The minimum absolute atomic E-state index is 0.0284. The number of Topliss-reactive ketones (excluding diaryl/α,β-unsaturated/α-hetero) is 1. The summed E-state index contributed by atoms with van der Waals surface area (Å²) in [5, 5.41) is 13.3. The van der Waals surface area contributed by atoms with E-state index in [9.17, 15) is 14.7 Å². The molecule has 2 heterocycles. The number of nitrogens with zero attached hydrogens (tertiary/aromatic N) is 2. The fraction of sp³-hybridized carbons (Fsp3) is 0.107. The van der Waals surface area contributed by atoms with E-state index in [0.717, 1.165) is 10.8 Å². The third-order valence-corrected chi connectivity index (χ3v) is 6.05. The molecule has 1 unspecified atom stereocenters. The van der Waals surface area contributed by atoms with E-state index in [1.165, 1.54) is 12.0 Å². The first kappa shape index (κ1) is 21.4. The van der Waals surface area contributed by atoms with Gasteiger partial charge in [0, 0.05) is 17.3 Å². The normalized spacial score (nSPS) is 17.3. The van der Waals surface area contributed by atoms with E-state index in [1.807, 2.05) is 54.6 Å². The van der Waals surface area contributed by atoms with Gasteiger partial charge >= 0.3 is 0 Å². The number of aliphatic hydroxyl groups excluding tert-OH is 1. The van der Waals surface area contributed by atoms with E-state index >= 15 is 0 Å². The minimum atomic E-state index is -0.829. The van der Waals surface area contributed by atoms with Crippen LogP contribution in [0.15, 0.2) is 96.7 Å². The summed E-state index contributed by atoms with van der Waals surface area (Å²) in [5.74, 6) is -1.13. The summed E-state index contributed by atoms with van der Waals surface area (Å²) < 4.78 is 5.55. The number of ether oxygens (including phenoxy) is 1. The van der Waals surface area contributed by atoms with Crippen LogP contribution in [0, 0.1) is 0 Å². The lowest BCUT2D eigenvalue weighted by molar-refractivity contribution is -0.140. The zero-order chi connectivity index (χ0) is 23.7. The number of benzene rings is 3.